The third-order valence-corrected chi connectivity index (χ3v) is 6.71. The normalized spacial score (nSPS) is 12.3. The predicted molar refractivity (Wildman–Crippen MR) is 118 cm³/mol. The van der Waals surface area contributed by atoms with Crippen molar-refractivity contribution in [2.24, 2.45) is 5.73 Å². The Bertz CT molecular complexity index is 696. The first-order valence-electron chi connectivity index (χ1n) is 10.5. The molecule has 29 heavy (non-hydrogen) atoms. The van der Waals surface area contributed by atoms with Crippen molar-refractivity contribution in [2.45, 2.75) is 71.5 Å². The molecule has 0 fully saturated rings. The number of nitrogens with two attached hydrogens (primary N) is 1. The van der Waals surface area contributed by atoms with Gasteiger partial charge in [0.2, 0.25) is 5.91 Å². The molecule has 0 aliphatic carbocycles. The van der Waals surface area contributed by atoms with Crippen LogP contribution in [0.1, 0.15) is 59.1 Å². The van der Waals surface area contributed by atoms with Gasteiger partial charge in [-0.2, -0.15) is 0 Å². The van der Waals surface area contributed by atoms with E-state index in [1.807, 2.05) is 60.7 Å². The molecule has 0 spiro atoms. The van der Waals surface area contributed by atoms with Gasteiger partial charge in [-0.05, 0) is 52.7 Å². The minimum Gasteiger partial charge on any atom is -1.00 e. The van der Waals surface area contributed by atoms with Gasteiger partial charge in [0.15, 0.2) is 0 Å². The van der Waals surface area contributed by atoms with E-state index in [-0.39, 0.29) is 22.9 Å². The number of quaternary nitrogens is 1. The van der Waals surface area contributed by atoms with Gasteiger partial charge in [-0.25, -0.2) is 0 Å². The zero-order valence-electron chi connectivity index (χ0n) is 18.7. The monoisotopic (exact) mass is 460 g/mol. The summed E-state index contributed by atoms with van der Waals surface area (Å²) in [6.45, 7) is 14.6. The van der Waals surface area contributed by atoms with E-state index in [0.29, 0.717) is 24.5 Å². The summed E-state index contributed by atoms with van der Waals surface area (Å²) in [5.41, 5.74) is 7.27. The average molecular weight is 461 g/mol. The molecule has 3 nitrogen and oxygen atoms in total. The number of amides is 1. The van der Waals surface area contributed by atoms with Crippen LogP contribution in [0, 0.1) is 0 Å². The summed E-state index contributed by atoms with van der Waals surface area (Å²) in [4.78, 5) is 13.1. The minimum absolute atomic E-state index is 0. The maximum Gasteiger partial charge on any atom is 0.232 e. The molecule has 0 atom stereocenters. The zero-order chi connectivity index (χ0) is 20.9. The fourth-order valence-electron chi connectivity index (χ4n) is 5.23. The number of benzene rings is 2. The summed E-state index contributed by atoms with van der Waals surface area (Å²) < 4.78 is 0.953. The second-order valence-electron chi connectivity index (χ2n) is 8.75. The van der Waals surface area contributed by atoms with E-state index in [1.165, 1.54) is 0 Å². The lowest BCUT2D eigenvalue weighted by molar-refractivity contribution is -0.985. The molecule has 2 aromatic rings. The third kappa shape index (κ3) is 4.75. The molecule has 160 valence electrons. The number of hydrogen-bond acceptors (Lipinski definition) is 1. The van der Waals surface area contributed by atoms with Gasteiger partial charge < -0.3 is 27.2 Å². The summed E-state index contributed by atoms with van der Waals surface area (Å²) in [5, 5.41) is 0. The van der Waals surface area contributed by atoms with Crippen LogP contribution in [0.3, 0.4) is 0 Å². The van der Waals surface area contributed by atoms with E-state index >= 15 is 0 Å². The fourth-order valence-corrected chi connectivity index (χ4v) is 5.23. The Labute approximate surface area is 187 Å². The highest BCUT2D eigenvalue weighted by molar-refractivity contribution is 5.90. The molecule has 0 bridgehead atoms. The van der Waals surface area contributed by atoms with Gasteiger partial charge in [0.1, 0.15) is 5.41 Å². The summed E-state index contributed by atoms with van der Waals surface area (Å²) >= 11 is 0. The maximum atomic E-state index is 13.1. The Morgan fingerprint density at radius 2 is 1.14 bits per heavy atom. The Balaban J connectivity index is 0.00000420. The Morgan fingerprint density at radius 3 is 1.41 bits per heavy atom. The van der Waals surface area contributed by atoms with E-state index < -0.39 is 5.41 Å². The predicted octanol–water partition coefficient (Wildman–Crippen LogP) is 1.89. The molecule has 4 heteroatoms. The van der Waals surface area contributed by atoms with Crippen LogP contribution in [0.2, 0.25) is 0 Å². The Hall–Kier alpha value is -1.65. The van der Waals surface area contributed by atoms with Crippen molar-refractivity contribution >= 4 is 5.91 Å². The van der Waals surface area contributed by atoms with Crippen LogP contribution in [0.15, 0.2) is 60.7 Å². The molecule has 2 N–H and O–H groups in total. The Morgan fingerprint density at radius 1 is 0.793 bits per heavy atom. The van der Waals surface area contributed by atoms with Crippen molar-refractivity contribution in [2.75, 3.05) is 6.54 Å². The zero-order valence-corrected chi connectivity index (χ0v) is 20.3. The number of carbonyl (C=O) groups excluding carboxylic acids is 1. The molecule has 0 saturated heterocycles. The smallest absolute Gasteiger partial charge is 0.232 e. The number of hydrogen-bond donors (Lipinski definition) is 1. The number of halogens is 1. The van der Waals surface area contributed by atoms with Gasteiger partial charge >= 0.3 is 0 Å². The fraction of sp³-hybridized carbons (Fsp3) is 0.480. The van der Waals surface area contributed by atoms with Crippen LogP contribution >= 0.6 is 0 Å². The van der Waals surface area contributed by atoms with E-state index in [4.69, 9.17) is 5.73 Å². The first kappa shape index (κ1) is 25.4. The highest BCUT2D eigenvalue weighted by Crippen LogP contribution is 2.38. The topological polar surface area (TPSA) is 43.1 Å². The third-order valence-electron chi connectivity index (χ3n) is 6.71. The average Bonchev–Trinajstić information content (AvgIpc) is 2.65. The highest BCUT2D eigenvalue weighted by atomic mass is 79.9. The lowest BCUT2D eigenvalue weighted by Crippen LogP contribution is -3.00. The van der Waals surface area contributed by atoms with Crippen LogP contribution in [-0.4, -0.2) is 35.1 Å². The van der Waals surface area contributed by atoms with Crippen LogP contribution in [-0.2, 0) is 10.2 Å². The second kappa shape index (κ2) is 10.4. The number of rotatable bonds is 9. The van der Waals surface area contributed by atoms with Crippen LogP contribution in [0.4, 0.5) is 0 Å². The van der Waals surface area contributed by atoms with Gasteiger partial charge in [0, 0.05) is 6.42 Å². The molecule has 0 radical (unpaired) electrons. The van der Waals surface area contributed by atoms with Crippen LogP contribution in [0.5, 0.6) is 0 Å². The Kier molecular flexibility index (Phi) is 9.10. The number of primary amides is 1. The van der Waals surface area contributed by atoms with Crippen LogP contribution in [0.25, 0.3) is 0 Å². The van der Waals surface area contributed by atoms with Gasteiger partial charge in [-0.1, -0.05) is 60.7 Å². The number of nitrogens with zero attached hydrogens (tertiary/aromatic N) is 1. The molecule has 0 heterocycles. The quantitative estimate of drug-likeness (QED) is 0.570. The van der Waals surface area contributed by atoms with Crippen molar-refractivity contribution in [3.8, 4) is 0 Å². The van der Waals surface area contributed by atoms with Crippen LogP contribution < -0.4 is 22.7 Å². The standard InChI is InChI=1S/C25H36N2O.BrH/c1-19(2)27(20(3)4,21(5)6)18-17-25(24(26)28,22-13-9-7-10-14-22)23-15-11-8-12-16-23;/h7-16,19-21H,17-18H2,1-6H3,(H-,26,28);1H. The SMILES string of the molecule is CC(C)[N+](CCC(C(N)=O)(c1ccccc1)c1ccccc1)(C(C)C)C(C)C.[Br-]. The first-order valence-corrected chi connectivity index (χ1v) is 10.5. The molecular weight excluding hydrogens is 424 g/mol. The van der Waals surface area contributed by atoms with Gasteiger partial charge in [0.25, 0.3) is 0 Å². The van der Waals surface area contributed by atoms with E-state index in [9.17, 15) is 4.79 Å². The van der Waals surface area contributed by atoms with E-state index in [1.54, 1.807) is 0 Å². The molecule has 2 aromatic carbocycles. The summed E-state index contributed by atoms with van der Waals surface area (Å²) in [7, 11) is 0. The highest BCUT2D eigenvalue weighted by Gasteiger charge is 2.45. The largest absolute Gasteiger partial charge is 1.00 e. The second-order valence-corrected chi connectivity index (χ2v) is 8.75. The molecule has 0 aliphatic heterocycles. The van der Waals surface area contributed by atoms with Crippen molar-refractivity contribution in [1.29, 1.82) is 0 Å². The molecular formula is C25H37BrN2O. The van der Waals surface area contributed by atoms with Crippen molar-refractivity contribution in [1.82, 2.24) is 0 Å². The molecule has 1 amide bonds. The molecule has 0 unspecified atom stereocenters. The minimum atomic E-state index is -0.829. The van der Waals surface area contributed by atoms with Crippen molar-refractivity contribution < 1.29 is 26.3 Å². The lowest BCUT2D eigenvalue weighted by Gasteiger charge is -2.51. The molecule has 0 aromatic heterocycles. The summed E-state index contributed by atoms with van der Waals surface area (Å²) in [6.07, 6.45) is 0.685. The molecule has 2 rings (SSSR count). The van der Waals surface area contributed by atoms with E-state index in [0.717, 1.165) is 22.2 Å². The van der Waals surface area contributed by atoms with E-state index in [2.05, 4.69) is 41.5 Å². The molecule has 0 saturated carbocycles. The van der Waals surface area contributed by atoms with Gasteiger partial charge in [-0.3, -0.25) is 4.79 Å². The lowest BCUT2D eigenvalue weighted by atomic mass is 9.71. The maximum absolute atomic E-state index is 13.1. The molecule has 0 aliphatic rings. The van der Waals surface area contributed by atoms with Gasteiger partial charge in [-0.15, -0.1) is 0 Å². The summed E-state index contributed by atoms with van der Waals surface area (Å²) in [6, 6.07) is 21.4. The van der Waals surface area contributed by atoms with Gasteiger partial charge in [0.05, 0.1) is 24.7 Å². The number of carbonyl (C=O) groups is 1. The summed E-state index contributed by atoms with van der Waals surface area (Å²) in [5.74, 6) is -0.278. The van der Waals surface area contributed by atoms with Crippen molar-refractivity contribution in [3.05, 3.63) is 71.8 Å². The first-order chi connectivity index (χ1) is 13.2. The van der Waals surface area contributed by atoms with Crippen molar-refractivity contribution in [3.63, 3.8) is 0 Å².